The highest BCUT2D eigenvalue weighted by molar-refractivity contribution is 6.30. The quantitative estimate of drug-likeness (QED) is 0.207. The molecule has 1 aliphatic rings. The van der Waals surface area contributed by atoms with Crippen molar-refractivity contribution in [3.63, 3.8) is 0 Å². The van der Waals surface area contributed by atoms with Crippen molar-refractivity contribution in [3.05, 3.63) is 93.9 Å². The van der Waals surface area contributed by atoms with Gasteiger partial charge in [0.2, 0.25) is 11.9 Å². The van der Waals surface area contributed by atoms with E-state index in [4.69, 9.17) is 11.6 Å². The maximum absolute atomic E-state index is 13.3. The number of aromatic nitrogens is 2. The van der Waals surface area contributed by atoms with E-state index >= 15 is 0 Å². The first-order valence-electron chi connectivity index (χ1n) is 13.7. The minimum absolute atomic E-state index is 0.0960. The number of piperidine rings is 1. The van der Waals surface area contributed by atoms with Crippen molar-refractivity contribution < 1.29 is 45.8 Å². The number of carboxylic acid groups (broad SMARTS) is 1. The lowest BCUT2D eigenvalue weighted by Crippen LogP contribution is -2.47. The highest BCUT2D eigenvalue weighted by atomic mass is 35.5. The van der Waals surface area contributed by atoms with Gasteiger partial charge in [-0.3, -0.25) is 9.59 Å². The van der Waals surface area contributed by atoms with Gasteiger partial charge in [0.25, 0.3) is 5.91 Å². The van der Waals surface area contributed by atoms with E-state index in [1.165, 1.54) is 23.1 Å². The predicted molar refractivity (Wildman–Crippen MR) is 154 cm³/mol. The summed E-state index contributed by atoms with van der Waals surface area (Å²) in [7, 11) is 0. The Bertz CT molecular complexity index is 1610. The predicted octanol–water partition coefficient (Wildman–Crippen LogP) is 5.35. The van der Waals surface area contributed by atoms with Crippen LogP contribution >= 0.6 is 11.6 Å². The Morgan fingerprint density at radius 1 is 1.00 bits per heavy atom. The molecule has 1 saturated heterocycles. The summed E-state index contributed by atoms with van der Waals surface area (Å²) in [6, 6.07) is 9.39. The molecule has 0 bridgehead atoms. The molecule has 0 radical (unpaired) electrons. The molecule has 0 unspecified atom stereocenters. The van der Waals surface area contributed by atoms with E-state index in [1.54, 1.807) is 12.1 Å². The Labute approximate surface area is 263 Å². The number of anilines is 1. The second kappa shape index (κ2) is 14.2. The van der Waals surface area contributed by atoms with Crippen molar-refractivity contribution in [1.82, 2.24) is 20.6 Å². The van der Waals surface area contributed by atoms with Crippen molar-refractivity contribution in [3.8, 4) is 0 Å². The molecule has 3 N–H and O–H groups in total. The Morgan fingerprint density at radius 2 is 1.67 bits per heavy atom. The molecule has 1 atom stereocenters. The number of carbonyl (C=O) groups excluding carboxylic acids is 2. The SMILES string of the molecule is O=C(N[C@@H](Cc1ccc(Cl)cc1)C(=O)O)C(=Cc1cccc(C(F)(F)F)c1)NC(=O)C1CCN(c2nccc(C(F)(F)F)n2)CC1. The van der Waals surface area contributed by atoms with Gasteiger partial charge in [-0.05, 0) is 60.4 Å². The van der Waals surface area contributed by atoms with E-state index in [2.05, 4.69) is 20.6 Å². The summed E-state index contributed by atoms with van der Waals surface area (Å²) in [5.74, 6) is -4.08. The van der Waals surface area contributed by atoms with Crippen LogP contribution in [0.2, 0.25) is 5.02 Å². The van der Waals surface area contributed by atoms with Crippen LogP contribution in [0.1, 0.15) is 35.2 Å². The van der Waals surface area contributed by atoms with Crippen LogP contribution in [0, 0.1) is 5.92 Å². The van der Waals surface area contributed by atoms with Gasteiger partial charge in [0, 0.05) is 36.6 Å². The second-order valence-corrected chi connectivity index (χ2v) is 10.8. The Hall–Kier alpha value is -4.66. The highest BCUT2D eigenvalue weighted by Gasteiger charge is 2.35. The molecule has 0 spiro atoms. The average molecular weight is 670 g/mol. The number of alkyl halides is 6. The van der Waals surface area contributed by atoms with Gasteiger partial charge in [0.1, 0.15) is 17.4 Å². The van der Waals surface area contributed by atoms with Crippen LogP contribution in [0.4, 0.5) is 32.3 Å². The maximum Gasteiger partial charge on any atom is 0.433 e. The lowest BCUT2D eigenvalue weighted by atomic mass is 9.96. The molecule has 244 valence electrons. The minimum Gasteiger partial charge on any atom is -0.480 e. The molecular weight excluding hydrogens is 644 g/mol. The Balaban J connectivity index is 1.53. The monoisotopic (exact) mass is 669 g/mol. The number of nitrogens with zero attached hydrogens (tertiary/aromatic N) is 3. The fourth-order valence-corrected chi connectivity index (χ4v) is 4.78. The van der Waals surface area contributed by atoms with Crippen molar-refractivity contribution >= 4 is 41.4 Å². The number of nitrogens with one attached hydrogen (secondary N) is 2. The molecule has 2 heterocycles. The third-order valence-corrected chi connectivity index (χ3v) is 7.32. The topological polar surface area (TPSA) is 125 Å². The first-order chi connectivity index (χ1) is 21.6. The van der Waals surface area contributed by atoms with Crippen molar-refractivity contribution in [2.75, 3.05) is 18.0 Å². The summed E-state index contributed by atoms with van der Waals surface area (Å²) in [4.78, 5) is 47.5. The smallest absolute Gasteiger partial charge is 0.433 e. The lowest BCUT2D eigenvalue weighted by molar-refractivity contribution is -0.141. The molecule has 1 aliphatic heterocycles. The number of carboxylic acids is 1. The van der Waals surface area contributed by atoms with Gasteiger partial charge in [-0.15, -0.1) is 0 Å². The summed E-state index contributed by atoms with van der Waals surface area (Å²) in [5, 5.41) is 14.9. The summed E-state index contributed by atoms with van der Waals surface area (Å²) in [6.45, 7) is 0.195. The van der Waals surface area contributed by atoms with Gasteiger partial charge >= 0.3 is 18.3 Å². The number of benzene rings is 2. The minimum atomic E-state index is -4.69. The van der Waals surface area contributed by atoms with E-state index in [0.29, 0.717) is 10.6 Å². The van der Waals surface area contributed by atoms with Crippen LogP contribution in [0.15, 0.2) is 66.5 Å². The van der Waals surface area contributed by atoms with E-state index in [-0.39, 0.29) is 43.9 Å². The van der Waals surface area contributed by atoms with Crippen molar-refractivity contribution in [2.24, 2.45) is 5.92 Å². The number of aliphatic carboxylic acids is 1. The number of rotatable bonds is 9. The Kier molecular flexibility index (Phi) is 10.6. The largest absolute Gasteiger partial charge is 0.480 e. The molecule has 2 amide bonds. The summed E-state index contributed by atoms with van der Waals surface area (Å²) in [5.41, 5.74) is -2.22. The van der Waals surface area contributed by atoms with Crippen LogP contribution in [0.25, 0.3) is 6.08 Å². The van der Waals surface area contributed by atoms with Gasteiger partial charge in [-0.25, -0.2) is 14.8 Å². The van der Waals surface area contributed by atoms with E-state index in [9.17, 15) is 45.8 Å². The number of carbonyl (C=O) groups is 3. The van der Waals surface area contributed by atoms with Gasteiger partial charge < -0.3 is 20.6 Å². The van der Waals surface area contributed by atoms with Crippen LogP contribution in [-0.2, 0) is 33.2 Å². The number of amides is 2. The molecule has 1 aromatic heterocycles. The number of hydrogen-bond donors (Lipinski definition) is 3. The van der Waals surface area contributed by atoms with Gasteiger partial charge in [-0.1, -0.05) is 35.9 Å². The van der Waals surface area contributed by atoms with Crippen LogP contribution in [0.3, 0.4) is 0 Å². The van der Waals surface area contributed by atoms with Crippen molar-refractivity contribution in [1.29, 1.82) is 0 Å². The molecule has 1 fully saturated rings. The van der Waals surface area contributed by atoms with E-state index < -0.39 is 59.1 Å². The fourth-order valence-electron chi connectivity index (χ4n) is 4.66. The number of hydrogen-bond acceptors (Lipinski definition) is 6. The van der Waals surface area contributed by atoms with Crippen molar-refractivity contribution in [2.45, 2.75) is 37.7 Å². The first kappa shape index (κ1) is 34.2. The standard InChI is InChI=1S/C30H26ClF6N5O4/c31-21-6-4-17(5-7-21)15-23(27(45)46)40-26(44)22(16-18-2-1-3-20(14-18)29(32,33)34)39-25(43)19-9-12-42(13-10-19)28-38-11-8-24(41-28)30(35,36)37/h1-8,11,14,16,19,23H,9-10,12-13,15H2,(H,39,43)(H,40,44)(H,45,46)/t23-/m0/s1. The second-order valence-electron chi connectivity index (χ2n) is 10.4. The summed E-state index contributed by atoms with van der Waals surface area (Å²) in [6.07, 6.45) is -7.32. The third kappa shape index (κ3) is 9.19. The molecule has 4 rings (SSSR count). The normalized spacial score (nSPS) is 15.3. The molecule has 16 heteroatoms. The van der Waals surface area contributed by atoms with Gasteiger partial charge in [-0.2, -0.15) is 26.3 Å². The van der Waals surface area contributed by atoms with Crippen LogP contribution in [-0.4, -0.2) is 52.0 Å². The first-order valence-corrected chi connectivity index (χ1v) is 14.1. The fraction of sp³-hybridized carbons (Fsp3) is 0.300. The lowest BCUT2D eigenvalue weighted by Gasteiger charge is -2.31. The van der Waals surface area contributed by atoms with Gasteiger partial charge in [0.15, 0.2) is 0 Å². The van der Waals surface area contributed by atoms with E-state index in [0.717, 1.165) is 36.5 Å². The molecule has 0 aliphatic carbocycles. The molecular formula is C30H26ClF6N5O4. The van der Waals surface area contributed by atoms with Crippen LogP contribution in [0.5, 0.6) is 0 Å². The average Bonchev–Trinajstić information content (AvgIpc) is 3.00. The maximum atomic E-state index is 13.3. The molecule has 9 nitrogen and oxygen atoms in total. The summed E-state index contributed by atoms with van der Waals surface area (Å²) >= 11 is 5.87. The zero-order valence-electron chi connectivity index (χ0n) is 23.7. The molecule has 2 aromatic carbocycles. The molecule has 46 heavy (non-hydrogen) atoms. The zero-order chi connectivity index (χ0) is 33.6. The Morgan fingerprint density at radius 3 is 2.28 bits per heavy atom. The van der Waals surface area contributed by atoms with Crippen LogP contribution < -0.4 is 15.5 Å². The van der Waals surface area contributed by atoms with E-state index in [1.807, 2.05) is 0 Å². The molecule has 0 saturated carbocycles. The zero-order valence-corrected chi connectivity index (χ0v) is 24.5. The number of halogens is 7. The van der Waals surface area contributed by atoms with Gasteiger partial charge in [0.05, 0.1) is 5.56 Å². The summed E-state index contributed by atoms with van der Waals surface area (Å²) < 4.78 is 79.2. The highest BCUT2D eigenvalue weighted by Crippen LogP contribution is 2.31. The third-order valence-electron chi connectivity index (χ3n) is 7.07. The molecule has 3 aromatic rings.